The molecule has 1 aromatic rings. The van der Waals surface area contributed by atoms with E-state index in [1.807, 2.05) is 0 Å². The lowest BCUT2D eigenvalue weighted by Gasteiger charge is -2.22. The fraction of sp³-hybridized carbons (Fsp3) is 0.538. The van der Waals surface area contributed by atoms with Crippen molar-refractivity contribution in [2.75, 3.05) is 43.4 Å². The maximum Gasteiger partial charge on any atom is 0.241 e. The molecule has 1 aliphatic rings. The molecule has 0 aromatic carbocycles. The van der Waals surface area contributed by atoms with Crippen LogP contribution in [0.1, 0.15) is 13.3 Å². The zero-order valence-corrected chi connectivity index (χ0v) is 11.6. The SMILES string of the molecule is CCNc1nc(N2CCCN(C)C(=O)C2)c(F)cc1F. The molecule has 0 saturated carbocycles. The van der Waals surface area contributed by atoms with Gasteiger partial charge in [0.15, 0.2) is 23.3 Å². The third-order valence-corrected chi connectivity index (χ3v) is 3.23. The summed E-state index contributed by atoms with van der Waals surface area (Å²) in [6.07, 6.45) is 0.720. The first-order valence-electron chi connectivity index (χ1n) is 6.61. The molecule has 0 aliphatic carbocycles. The molecule has 5 nitrogen and oxygen atoms in total. The second kappa shape index (κ2) is 6.02. The van der Waals surface area contributed by atoms with Crippen LogP contribution in [-0.4, -0.2) is 49.0 Å². The quantitative estimate of drug-likeness (QED) is 0.913. The molecule has 2 heterocycles. The molecule has 1 aliphatic heterocycles. The average Bonchev–Trinajstić information content (AvgIpc) is 2.56. The highest BCUT2D eigenvalue weighted by Crippen LogP contribution is 2.23. The monoisotopic (exact) mass is 284 g/mol. The number of halogens is 2. The Morgan fingerprint density at radius 3 is 2.80 bits per heavy atom. The molecule has 1 saturated heterocycles. The number of rotatable bonds is 3. The third kappa shape index (κ3) is 2.97. The van der Waals surface area contributed by atoms with Gasteiger partial charge in [-0.05, 0) is 13.3 Å². The molecule has 20 heavy (non-hydrogen) atoms. The highest BCUT2D eigenvalue weighted by molar-refractivity contribution is 5.81. The molecule has 0 spiro atoms. The van der Waals surface area contributed by atoms with Gasteiger partial charge in [-0.1, -0.05) is 0 Å². The Bertz CT molecular complexity index is 509. The van der Waals surface area contributed by atoms with E-state index in [2.05, 4.69) is 10.3 Å². The predicted molar refractivity (Wildman–Crippen MR) is 72.8 cm³/mol. The fourth-order valence-corrected chi connectivity index (χ4v) is 2.14. The first-order chi connectivity index (χ1) is 9.52. The molecule has 7 heteroatoms. The molecule has 110 valence electrons. The Kier molecular flexibility index (Phi) is 4.36. The smallest absolute Gasteiger partial charge is 0.241 e. The minimum Gasteiger partial charge on any atom is -0.368 e. The van der Waals surface area contributed by atoms with Crippen molar-refractivity contribution in [1.29, 1.82) is 0 Å². The summed E-state index contributed by atoms with van der Waals surface area (Å²) in [4.78, 5) is 19.0. The second-order valence-electron chi connectivity index (χ2n) is 4.74. The second-order valence-corrected chi connectivity index (χ2v) is 4.74. The fourth-order valence-electron chi connectivity index (χ4n) is 2.14. The van der Waals surface area contributed by atoms with Crippen molar-refractivity contribution in [3.05, 3.63) is 17.7 Å². The maximum atomic E-state index is 13.9. The lowest BCUT2D eigenvalue weighted by molar-refractivity contribution is -0.127. The number of carbonyl (C=O) groups is 1. The maximum absolute atomic E-state index is 13.9. The minimum atomic E-state index is -0.749. The number of aromatic nitrogens is 1. The van der Waals surface area contributed by atoms with E-state index < -0.39 is 11.6 Å². The Morgan fingerprint density at radius 1 is 1.35 bits per heavy atom. The first kappa shape index (κ1) is 14.5. The van der Waals surface area contributed by atoms with Gasteiger partial charge < -0.3 is 15.1 Å². The normalized spacial score (nSPS) is 16.3. The Labute approximate surface area is 116 Å². The van der Waals surface area contributed by atoms with Crippen LogP contribution in [-0.2, 0) is 4.79 Å². The minimum absolute atomic E-state index is 0.00829. The number of hydrogen-bond donors (Lipinski definition) is 1. The summed E-state index contributed by atoms with van der Waals surface area (Å²) in [5, 5.41) is 2.74. The number of likely N-dealkylation sites (N-methyl/N-ethyl adjacent to an activating group) is 1. The van der Waals surface area contributed by atoms with Gasteiger partial charge in [0, 0.05) is 32.7 Å². The van der Waals surface area contributed by atoms with Crippen LogP contribution in [0.3, 0.4) is 0 Å². The number of nitrogens with one attached hydrogen (secondary N) is 1. The van der Waals surface area contributed by atoms with Gasteiger partial charge in [0.1, 0.15) is 0 Å². The molecular weight excluding hydrogens is 266 g/mol. The van der Waals surface area contributed by atoms with E-state index in [1.165, 1.54) is 0 Å². The van der Waals surface area contributed by atoms with Gasteiger partial charge >= 0.3 is 0 Å². The van der Waals surface area contributed by atoms with Crippen LogP contribution < -0.4 is 10.2 Å². The van der Waals surface area contributed by atoms with Crippen molar-refractivity contribution < 1.29 is 13.6 Å². The van der Waals surface area contributed by atoms with Gasteiger partial charge in [-0.2, -0.15) is 0 Å². The van der Waals surface area contributed by atoms with Crippen molar-refractivity contribution in [1.82, 2.24) is 9.88 Å². The molecule has 1 aromatic heterocycles. The van der Waals surface area contributed by atoms with Crippen LogP contribution in [0.25, 0.3) is 0 Å². The number of carbonyl (C=O) groups excluding carboxylic acids is 1. The largest absolute Gasteiger partial charge is 0.368 e. The summed E-state index contributed by atoms with van der Waals surface area (Å²) in [5.74, 6) is -1.55. The molecule has 1 amide bonds. The zero-order valence-electron chi connectivity index (χ0n) is 11.6. The van der Waals surface area contributed by atoms with Crippen molar-refractivity contribution in [3.63, 3.8) is 0 Å². The van der Waals surface area contributed by atoms with Gasteiger partial charge in [-0.25, -0.2) is 13.8 Å². The zero-order chi connectivity index (χ0) is 14.7. The number of pyridine rings is 1. The van der Waals surface area contributed by atoms with Crippen molar-refractivity contribution in [2.45, 2.75) is 13.3 Å². The Hall–Kier alpha value is -1.92. The lowest BCUT2D eigenvalue weighted by atomic mass is 10.3. The first-order valence-corrected chi connectivity index (χ1v) is 6.61. The van der Waals surface area contributed by atoms with Gasteiger partial charge in [0.05, 0.1) is 6.54 Å². The van der Waals surface area contributed by atoms with E-state index in [1.54, 1.807) is 23.8 Å². The van der Waals surface area contributed by atoms with Crippen molar-refractivity contribution in [2.24, 2.45) is 0 Å². The average molecular weight is 284 g/mol. The summed E-state index contributed by atoms with van der Waals surface area (Å²) in [7, 11) is 1.71. The molecule has 1 N–H and O–H groups in total. The predicted octanol–water partition coefficient (Wildman–Crippen LogP) is 1.46. The molecule has 0 atom stereocenters. The molecule has 0 bridgehead atoms. The number of hydrogen-bond acceptors (Lipinski definition) is 4. The van der Waals surface area contributed by atoms with Gasteiger partial charge in [-0.3, -0.25) is 4.79 Å². The van der Waals surface area contributed by atoms with E-state index >= 15 is 0 Å². The van der Waals surface area contributed by atoms with E-state index in [4.69, 9.17) is 0 Å². The summed E-state index contributed by atoms with van der Waals surface area (Å²) in [5.41, 5.74) is 0. The highest BCUT2D eigenvalue weighted by atomic mass is 19.1. The van der Waals surface area contributed by atoms with Crippen LogP contribution in [0.4, 0.5) is 20.4 Å². The molecule has 0 radical (unpaired) electrons. The summed E-state index contributed by atoms with van der Waals surface area (Å²) < 4.78 is 27.5. The van der Waals surface area contributed by atoms with Gasteiger partial charge in [-0.15, -0.1) is 0 Å². The van der Waals surface area contributed by atoms with E-state index in [0.717, 1.165) is 12.5 Å². The molecular formula is C13H18F2N4O. The topological polar surface area (TPSA) is 48.5 Å². The van der Waals surface area contributed by atoms with Crippen molar-refractivity contribution in [3.8, 4) is 0 Å². The molecule has 0 unspecified atom stereocenters. The van der Waals surface area contributed by atoms with E-state index in [9.17, 15) is 13.6 Å². The van der Waals surface area contributed by atoms with E-state index in [-0.39, 0.29) is 24.1 Å². The number of anilines is 2. The number of amides is 1. The summed E-state index contributed by atoms with van der Waals surface area (Å²) >= 11 is 0. The van der Waals surface area contributed by atoms with Crippen LogP contribution >= 0.6 is 0 Å². The lowest BCUT2D eigenvalue weighted by Crippen LogP contribution is -2.35. The van der Waals surface area contributed by atoms with Crippen LogP contribution in [0.5, 0.6) is 0 Å². The van der Waals surface area contributed by atoms with Crippen molar-refractivity contribution >= 4 is 17.5 Å². The van der Waals surface area contributed by atoms with Crippen LogP contribution in [0.15, 0.2) is 6.07 Å². The van der Waals surface area contributed by atoms with E-state index in [0.29, 0.717) is 19.6 Å². The summed E-state index contributed by atoms with van der Waals surface area (Å²) in [6, 6.07) is 0.805. The Morgan fingerprint density at radius 2 is 2.10 bits per heavy atom. The standard InChI is InChI=1S/C13H18F2N4O/c1-3-16-12-9(14)7-10(15)13(17-12)19-6-4-5-18(2)11(20)8-19/h7H,3-6,8H2,1-2H3,(H,16,17). The summed E-state index contributed by atoms with van der Waals surface area (Å²) in [6.45, 7) is 3.47. The van der Waals surface area contributed by atoms with Gasteiger partial charge in [0.2, 0.25) is 5.91 Å². The molecule has 2 rings (SSSR count). The number of nitrogens with zero attached hydrogens (tertiary/aromatic N) is 3. The highest BCUT2D eigenvalue weighted by Gasteiger charge is 2.23. The van der Waals surface area contributed by atoms with Crippen LogP contribution in [0.2, 0.25) is 0 Å². The molecule has 1 fully saturated rings. The Balaban J connectivity index is 2.31. The van der Waals surface area contributed by atoms with Crippen LogP contribution in [0, 0.1) is 11.6 Å². The van der Waals surface area contributed by atoms with Gasteiger partial charge in [0.25, 0.3) is 0 Å². The third-order valence-electron chi connectivity index (χ3n) is 3.23.